The molecular formula is C31H36ClN3O3SSi. The molecule has 0 saturated carbocycles. The van der Waals surface area contributed by atoms with E-state index >= 15 is 0 Å². The third-order valence-corrected chi connectivity index (χ3v) is 15.0. The first-order valence-electron chi connectivity index (χ1n) is 13.7. The average molecular weight is 594 g/mol. The number of ether oxygens (including phenoxy) is 2. The molecule has 6 rings (SSSR count). The van der Waals surface area contributed by atoms with E-state index in [1.54, 1.807) is 0 Å². The summed E-state index contributed by atoms with van der Waals surface area (Å²) in [5.74, 6) is -0.706. The predicted octanol–water partition coefficient (Wildman–Crippen LogP) is 6.19. The van der Waals surface area contributed by atoms with Gasteiger partial charge in [0.05, 0.1) is 16.7 Å². The molecule has 2 aromatic carbocycles. The third kappa shape index (κ3) is 4.53. The highest BCUT2D eigenvalue weighted by atomic mass is 35.5. The van der Waals surface area contributed by atoms with Crippen molar-refractivity contribution in [1.82, 2.24) is 14.5 Å². The van der Waals surface area contributed by atoms with E-state index in [0.29, 0.717) is 11.8 Å². The fourth-order valence-corrected chi connectivity index (χ4v) is 12.9. The average Bonchev–Trinajstić information content (AvgIpc) is 3.56. The van der Waals surface area contributed by atoms with Crippen molar-refractivity contribution in [3.63, 3.8) is 0 Å². The second-order valence-corrected chi connectivity index (χ2v) is 18.7. The number of fused-ring (bicyclic) bond motifs is 2. The van der Waals surface area contributed by atoms with E-state index < -0.39 is 14.1 Å². The lowest BCUT2D eigenvalue weighted by Gasteiger charge is -2.45. The minimum Gasteiger partial charge on any atom is -0.406 e. The number of benzene rings is 2. The molecule has 4 aromatic rings. The summed E-state index contributed by atoms with van der Waals surface area (Å²) in [5, 5.41) is 3.62. The first kappa shape index (κ1) is 27.9. The molecule has 0 amide bonds. The van der Waals surface area contributed by atoms with Gasteiger partial charge in [-0.1, -0.05) is 93.0 Å². The zero-order valence-corrected chi connectivity index (χ0v) is 26.4. The van der Waals surface area contributed by atoms with Gasteiger partial charge in [0, 0.05) is 6.20 Å². The zero-order chi connectivity index (χ0) is 28.3. The van der Waals surface area contributed by atoms with Crippen molar-refractivity contribution in [2.45, 2.75) is 74.7 Å². The van der Waals surface area contributed by atoms with Gasteiger partial charge in [-0.2, -0.15) is 0 Å². The Morgan fingerprint density at radius 3 is 2.17 bits per heavy atom. The maximum atomic E-state index is 7.43. The number of halogens is 1. The minimum absolute atomic E-state index is 0.0667. The summed E-state index contributed by atoms with van der Waals surface area (Å²) >= 11 is 8.24. The number of nitrogens with zero attached hydrogens (tertiary/aromatic N) is 3. The van der Waals surface area contributed by atoms with Gasteiger partial charge < -0.3 is 18.5 Å². The number of hydrogen-bond donors (Lipinski definition) is 0. The Kier molecular flexibility index (Phi) is 6.96. The van der Waals surface area contributed by atoms with Crippen molar-refractivity contribution in [3.05, 3.63) is 84.4 Å². The number of aromatic nitrogens is 3. The fourth-order valence-electron chi connectivity index (χ4n) is 6.37. The molecule has 40 heavy (non-hydrogen) atoms. The topological polar surface area (TPSA) is 58.4 Å². The Morgan fingerprint density at radius 2 is 1.57 bits per heavy atom. The fraction of sp³-hybridized carbons (Fsp3) is 0.419. The standard InChI is InChI=1S/C31H36ClN3O3SSi/c1-29(2,3)40(21-13-9-7-10-14-21,22-15-11-8-12-16-22)36-19-31(6)25-24(37-30(4,5)38-25)28(39-31)35-18-17-23-26(32)33-20-34-27(23)35/h7-18,20,24-25,28H,19H2,1-6H3/t24-,25+,28-,31-/m1/s1. The zero-order valence-electron chi connectivity index (χ0n) is 23.8. The Balaban J connectivity index is 1.42. The lowest BCUT2D eigenvalue weighted by molar-refractivity contribution is -0.152. The van der Waals surface area contributed by atoms with Gasteiger partial charge in [-0.25, -0.2) is 9.97 Å². The van der Waals surface area contributed by atoms with Crippen LogP contribution >= 0.6 is 23.4 Å². The molecular weight excluding hydrogens is 558 g/mol. The molecule has 2 aliphatic rings. The molecule has 0 radical (unpaired) electrons. The highest BCUT2D eigenvalue weighted by Crippen LogP contribution is 2.57. The van der Waals surface area contributed by atoms with Crippen LogP contribution in [0.15, 0.2) is 79.3 Å². The summed E-state index contributed by atoms with van der Waals surface area (Å²) in [5.41, 5.74) is 0.793. The van der Waals surface area contributed by atoms with Gasteiger partial charge in [0.15, 0.2) is 5.79 Å². The van der Waals surface area contributed by atoms with Crippen LogP contribution in [0, 0.1) is 0 Å². The first-order valence-corrected chi connectivity index (χ1v) is 16.9. The quantitative estimate of drug-likeness (QED) is 0.196. The minimum atomic E-state index is -2.74. The van der Waals surface area contributed by atoms with Crippen molar-refractivity contribution in [2.24, 2.45) is 0 Å². The molecule has 0 spiro atoms. The Morgan fingerprint density at radius 1 is 0.950 bits per heavy atom. The van der Waals surface area contributed by atoms with E-state index in [1.165, 1.54) is 16.7 Å². The molecule has 0 aliphatic carbocycles. The lowest BCUT2D eigenvalue weighted by atomic mass is 10.0. The Hall–Kier alpha value is -2.20. The number of hydrogen-bond acceptors (Lipinski definition) is 6. The van der Waals surface area contributed by atoms with Crippen molar-refractivity contribution >= 4 is 53.1 Å². The van der Waals surface area contributed by atoms with Gasteiger partial charge >= 0.3 is 0 Å². The van der Waals surface area contributed by atoms with Crippen LogP contribution in [0.5, 0.6) is 0 Å². The van der Waals surface area contributed by atoms with E-state index in [0.717, 1.165) is 11.0 Å². The summed E-state index contributed by atoms with van der Waals surface area (Å²) in [6, 6.07) is 23.5. The second-order valence-electron chi connectivity index (χ2n) is 12.4. The predicted molar refractivity (Wildman–Crippen MR) is 165 cm³/mol. The van der Waals surface area contributed by atoms with Crippen LogP contribution in [0.3, 0.4) is 0 Å². The highest BCUT2D eigenvalue weighted by molar-refractivity contribution is 8.01. The van der Waals surface area contributed by atoms with Crippen LogP contribution in [-0.2, 0) is 13.9 Å². The highest BCUT2D eigenvalue weighted by Gasteiger charge is 2.62. The molecule has 2 saturated heterocycles. The van der Waals surface area contributed by atoms with Gasteiger partial charge in [0.1, 0.15) is 34.7 Å². The van der Waals surface area contributed by atoms with E-state index in [4.69, 9.17) is 25.5 Å². The van der Waals surface area contributed by atoms with Crippen molar-refractivity contribution in [3.8, 4) is 0 Å². The van der Waals surface area contributed by atoms with Gasteiger partial charge in [-0.15, -0.1) is 11.8 Å². The van der Waals surface area contributed by atoms with Crippen LogP contribution in [0.1, 0.15) is 46.9 Å². The molecule has 4 atom stereocenters. The van der Waals surface area contributed by atoms with Crippen molar-refractivity contribution in [2.75, 3.05) is 6.61 Å². The maximum Gasteiger partial charge on any atom is 0.261 e. The van der Waals surface area contributed by atoms with Crippen LogP contribution in [0.25, 0.3) is 11.0 Å². The van der Waals surface area contributed by atoms with Gasteiger partial charge in [0.25, 0.3) is 8.32 Å². The van der Waals surface area contributed by atoms with Crippen LogP contribution in [-0.4, -0.2) is 52.2 Å². The molecule has 0 unspecified atom stereocenters. The Labute approximate surface area is 246 Å². The van der Waals surface area contributed by atoms with E-state index in [1.807, 2.05) is 37.9 Å². The summed E-state index contributed by atoms with van der Waals surface area (Å²) in [6.45, 7) is 13.7. The SMILES string of the molecule is CC1(C)O[C@H]2[C@H](n3ccc4c(Cl)ncnc43)S[C@](C)(CO[Si](c3ccccc3)(c3ccccc3)C(C)(C)C)[C@H]2O1. The van der Waals surface area contributed by atoms with Gasteiger partial charge in [-0.05, 0) is 42.2 Å². The molecule has 0 bridgehead atoms. The first-order chi connectivity index (χ1) is 19.0. The van der Waals surface area contributed by atoms with E-state index in [2.05, 4.69) is 103 Å². The molecule has 4 heterocycles. The van der Waals surface area contributed by atoms with Crippen molar-refractivity contribution < 1.29 is 13.9 Å². The second kappa shape index (κ2) is 9.96. The maximum absolute atomic E-state index is 7.43. The Bertz CT molecular complexity index is 1470. The summed E-state index contributed by atoms with van der Waals surface area (Å²) in [6.07, 6.45) is 3.19. The molecule has 0 N–H and O–H groups in total. The van der Waals surface area contributed by atoms with Gasteiger partial charge in [-0.3, -0.25) is 0 Å². The third-order valence-electron chi connectivity index (χ3n) is 8.13. The normalized spacial score (nSPS) is 26.3. The summed E-state index contributed by atoms with van der Waals surface area (Å²) in [4.78, 5) is 8.74. The number of thioether (sulfide) groups is 1. The lowest BCUT2D eigenvalue weighted by Crippen LogP contribution is -2.67. The molecule has 210 valence electrons. The molecule has 2 aliphatic heterocycles. The largest absolute Gasteiger partial charge is 0.406 e. The summed E-state index contributed by atoms with van der Waals surface area (Å²) < 4.78 is 22.4. The number of rotatable bonds is 6. The summed E-state index contributed by atoms with van der Waals surface area (Å²) in [7, 11) is -2.74. The van der Waals surface area contributed by atoms with Crippen LogP contribution in [0.2, 0.25) is 10.2 Å². The van der Waals surface area contributed by atoms with E-state index in [-0.39, 0.29) is 27.4 Å². The van der Waals surface area contributed by atoms with Crippen LogP contribution < -0.4 is 10.4 Å². The van der Waals surface area contributed by atoms with Gasteiger partial charge in [0.2, 0.25) is 0 Å². The van der Waals surface area contributed by atoms with Crippen LogP contribution in [0.4, 0.5) is 0 Å². The smallest absolute Gasteiger partial charge is 0.261 e. The molecule has 9 heteroatoms. The monoisotopic (exact) mass is 593 g/mol. The van der Waals surface area contributed by atoms with E-state index in [9.17, 15) is 0 Å². The molecule has 6 nitrogen and oxygen atoms in total. The van der Waals surface area contributed by atoms with Crippen molar-refractivity contribution in [1.29, 1.82) is 0 Å². The molecule has 2 aromatic heterocycles. The molecule has 2 fully saturated rings.